The fourth-order valence-electron chi connectivity index (χ4n) is 1.26. The third-order valence-electron chi connectivity index (χ3n) is 1.98. The SMILES string of the molecule is Cn1cnc2c1c(=O)[nH]c(=O)n2C.[Ag].[CH2]. The number of imidazole rings is 1. The number of hydrogen-bond acceptors (Lipinski definition) is 3. The Hall–Kier alpha value is -1.11. The molecule has 0 saturated heterocycles. The summed E-state index contributed by atoms with van der Waals surface area (Å²) in [5.41, 5.74) is -0.0485. The Kier molecular flexibility index (Phi) is 4.27. The van der Waals surface area contributed by atoms with Crippen molar-refractivity contribution in [3.63, 3.8) is 0 Å². The van der Waals surface area contributed by atoms with E-state index in [-0.39, 0.29) is 29.8 Å². The minimum absolute atomic E-state index is 0. The molecule has 0 unspecified atom stereocenters. The van der Waals surface area contributed by atoms with E-state index in [1.807, 2.05) is 0 Å². The van der Waals surface area contributed by atoms with Crippen molar-refractivity contribution in [3.8, 4) is 0 Å². The molecule has 0 aromatic carbocycles. The van der Waals surface area contributed by atoms with Crippen LogP contribution in [0.1, 0.15) is 0 Å². The van der Waals surface area contributed by atoms with Gasteiger partial charge in [-0.25, -0.2) is 9.78 Å². The first-order chi connectivity index (χ1) is 6.11. The predicted molar refractivity (Wildman–Crippen MR) is 51.9 cm³/mol. The average molecular weight is 302 g/mol. The second-order valence-corrected chi connectivity index (χ2v) is 2.85. The van der Waals surface area contributed by atoms with Crippen LogP contribution in [-0.4, -0.2) is 19.1 Å². The molecule has 0 bridgehead atoms. The van der Waals surface area contributed by atoms with Crippen molar-refractivity contribution in [2.45, 2.75) is 0 Å². The summed E-state index contributed by atoms with van der Waals surface area (Å²) in [7, 11) is 3.27. The number of rotatable bonds is 0. The second kappa shape index (κ2) is 4.61. The summed E-state index contributed by atoms with van der Waals surface area (Å²) in [4.78, 5) is 28.6. The van der Waals surface area contributed by atoms with E-state index in [2.05, 4.69) is 9.97 Å². The number of nitrogens with one attached hydrogen (secondary N) is 1. The van der Waals surface area contributed by atoms with E-state index in [9.17, 15) is 9.59 Å². The fraction of sp³-hybridized carbons (Fsp3) is 0.250. The summed E-state index contributed by atoms with van der Waals surface area (Å²) >= 11 is 0. The summed E-state index contributed by atoms with van der Waals surface area (Å²) in [6, 6.07) is 0. The van der Waals surface area contributed by atoms with Crippen LogP contribution in [0.15, 0.2) is 15.9 Å². The Balaban J connectivity index is 0.000000980. The molecular weight excluding hydrogens is 292 g/mol. The maximum Gasteiger partial charge on any atom is 0.329 e. The Bertz CT molecular complexity index is 580. The standard InChI is InChI=1S/C7H8N4O2.CH2.Ag/c1-10-3-8-5-4(10)6(12)9-7(13)11(5)2;;/h3H,1-2H3,(H,9,12,13);1H2;. The van der Waals surface area contributed by atoms with Gasteiger partial charge in [0.05, 0.1) is 6.33 Å². The van der Waals surface area contributed by atoms with Gasteiger partial charge >= 0.3 is 5.69 Å². The zero-order chi connectivity index (χ0) is 9.59. The molecule has 2 rings (SSSR count). The first-order valence-electron chi connectivity index (χ1n) is 3.71. The first-order valence-corrected chi connectivity index (χ1v) is 3.71. The Morgan fingerprint density at radius 2 is 1.93 bits per heavy atom. The molecule has 2 aromatic heterocycles. The van der Waals surface area contributed by atoms with Crippen LogP contribution in [0.4, 0.5) is 0 Å². The Morgan fingerprint density at radius 3 is 2.53 bits per heavy atom. The van der Waals surface area contributed by atoms with Gasteiger partial charge in [0.1, 0.15) is 0 Å². The summed E-state index contributed by atoms with van der Waals surface area (Å²) in [5, 5.41) is 0. The predicted octanol–water partition coefficient (Wildman–Crippen LogP) is -0.715. The van der Waals surface area contributed by atoms with Crippen LogP contribution in [-0.2, 0) is 36.5 Å². The number of aromatic nitrogens is 4. The van der Waals surface area contributed by atoms with E-state index >= 15 is 0 Å². The molecule has 0 amide bonds. The molecule has 1 N–H and O–H groups in total. The molecule has 85 valence electrons. The van der Waals surface area contributed by atoms with Crippen LogP contribution >= 0.6 is 0 Å². The van der Waals surface area contributed by atoms with E-state index < -0.39 is 11.2 Å². The maximum atomic E-state index is 11.3. The molecule has 0 aliphatic rings. The van der Waals surface area contributed by atoms with Crippen molar-refractivity contribution in [2.24, 2.45) is 14.1 Å². The van der Waals surface area contributed by atoms with Crippen molar-refractivity contribution in [1.82, 2.24) is 19.1 Å². The summed E-state index contributed by atoms with van der Waals surface area (Å²) in [5.74, 6) is 0. The van der Waals surface area contributed by atoms with Crippen LogP contribution < -0.4 is 11.2 Å². The quantitative estimate of drug-likeness (QED) is 0.653. The number of fused-ring (bicyclic) bond motifs is 1. The zero-order valence-corrected chi connectivity index (χ0v) is 9.73. The van der Waals surface area contributed by atoms with Gasteiger partial charge in [0.2, 0.25) is 0 Å². The number of H-pyrrole nitrogens is 1. The molecule has 0 aliphatic heterocycles. The summed E-state index contributed by atoms with van der Waals surface area (Å²) < 4.78 is 2.88. The number of hydrogen-bond donors (Lipinski definition) is 1. The third-order valence-corrected chi connectivity index (χ3v) is 1.98. The molecular formula is C8H10AgN4O2. The Labute approximate surface area is 101 Å². The molecule has 0 aliphatic carbocycles. The van der Waals surface area contributed by atoms with Crippen LogP contribution in [0, 0.1) is 7.43 Å². The molecule has 3 radical (unpaired) electrons. The van der Waals surface area contributed by atoms with Crippen molar-refractivity contribution < 1.29 is 22.4 Å². The van der Waals surface area contributed by atoms with Gasteiger partial charge in [0.25, 0.3) is 5.56 Å². The summed E-state index contributed by atoms with van der Waals surface area (Å²) in [6.07, 6.45) is 1.50. The van der Waals surface area contributed by atoms with Gasteiger partial charge in [0.15, 0.2) is 11.2 Å². The Morgan fingerprint density at radius 1 is 1.33 bits per heavy atom. The first kappa shape index (κ1) is 13.9. The van der Waals surface area contributed by atoms with Gasteiger partial charge in [-0.3, -0.25) is 14.3 Å². The van der Waals surface area contributed by atoms with Crippen LogP contribution in [0.25, 0.3) is 11.2 Å². The smallest absolute Gasteiger partial charge is 0.328 e. The van der Waals surface area contributed by atoms with Crippen molar-refractivity contribution in [1.29, 1.82) is 0 Å². The van der Waals surface area contributed by atoms with Crippen LogP contribution in [0.5, 0.6) is 0 Å². The van der Waals surface area contributed by atoms with E-state index in [1.54, 1.807) is 18.7 Å². The molecule has 7 heteroatoms. The van der Waals surface area contributed by atoms with Crippen molar-refractivity contribution >= 4 is 11.2 Å². The van der Waals surface area contributed by atoms with Gasteiger partial charge in [-0.2, -0.15) is 0 Å². The van der Waals surface area contributed by atoms with Crippen LogP contribution in [0.3, 0.4) is 0 Å². The van der Waals surface area contributed by atoms with Crippen molar-refractivity contribution in [3.05, 3.63) is 34.6 Å². The van der Waals surface area contributed by atoms with E-state index in [4.69, 9.17) is 0 Å². The molecule has 6 nitrogen and oxygen atoms in total. The normalized spacial score (nSPS) is 9.47. The van der Waals surface area contributed by atoms with Gasteiger partial charge in [-0.15, -0.1) is 0 Å². The molecule has 0 saturated carbocycles. The largest absolute Gasteiger partial charge is 0.329 e. The van der Waals surface area contributed by atoms with E-state index in [0.29, 0.717) is 11.2 Å². The second-order valence-electron chi connectivity index (χ2n) is 2.85. The molecule has 2 aromatic rings. The number of aryl methyl sites for hydroxylation is 2. The topological polar surface area (TPSA) is 72.7 Å². The average Bonchev–Trinajstić information content (AvgIpc) is 2.44. The minimum atomic E-state index is -0.448. The zero-order valence-electron chi connectivity index (χ0n) is 8.24. The van der Waals surface area contributed by atoms with Crippen molar-refractivity contribution in [2.75, 3.05) is 0 Å². The van der Waals surface area contributed by atoms with Gasteiger partial charge in [-0.05, 0) is 0 Å². The van der Waals surface area contributed by atoms with E-state index in [0.717, 1.165) is 0 Å². The number of nitrogens with zero attached hydrogens (tertiary/aromatic N) is 3. The molecule has 2 heterocycles. The molecule has 0 atom stereocenters. The third kappa shape index (κ3) is 1.97. The monoisotopic (exact) mass is 301 g/mol. The minimum Gasteiger partial charge on any atom is -0.328 e. The molecule has 15 heavy (non-hydrogen) atoms. The van der Waals surface area contributed by atoms with Crippen LogP contribution in [0.2, 0.25) is 0 Å². The maximum absolute atomic E-state index is 11.3. The fourth-order valence-corrected chi connectivity index (χ4v) is 1.26. The van der Waals surface area contributed by atoms with Gasteiger partial charge in [0, 0.05) is 36.5 Å². The number of aromatic amines is 1. The van der Waals surface area contributed by atoms with Gasteiger partial charge in [-0.1, -0.05) is 7.43 Å². The van der Waals surface area contributed by atoms with E-state index in [1.165, 1.54) is 10.9 Å². The molecule has 0 fully saturated rings. The summed E-state index contributed by atoms with van der Waals surface area (Å²) in [6.45, 7) is 0. The molecule has 0 spiro atoms. The van der Waals surface area contributed by atoms with Gasteiger partial charge < -0.3 is 4.57 Å².